The minimum absolute atomic E-state index is 0.0643. The lowest BCUT2D eigenvalue weighted by Gasteiger charge is -2.29. The van der Waals surface area contributed by atoms with Crippen LogP contribution >= 0.6 is 0 Å². The maximum absolute atomic E-state index is 9.02. The minimum atomic E-state index is -0.0643. The highest BCUT2D eigenvalue weighted by Crippen LogP contribution is 2.15. The van der Waals surface area contributed by atoms with Crippen LogP contribution in [0.5, 0.6) is 0 Å². The summed E-state index contributed by atoms with van der Waals surface area (Å²) in [5.41, 5.74) is -0.0643. The van der Waals surface area contributed by atoms with Crippen LogP contribution in [-0.4, -0.2) is 48.0 Å². The van der Waals surface area contributed by atoms with E-state index in [1.54, 1.807) is 0 Å². The average Bonchev–Trinajstić information content (AvgIpc) is 2.03. The first kappa shape index (κ1) is 11.9. The van der Waals surface area contributed by atoms with E-state index >= 15 is 0 Å². The fourth-order valence-electron chi connectivity index (χ4n) is 1.15. The van der Waals surface area contributed by atoms with E-state index in [0.717, 1.165) is 13.1 Å². The molecule has 0 aromatic heterocycles. The number of likely N-dealkylation sites (N-methyl/N-ethyl adjacent to an activating group) is 1. The zero-order valence-electron chi connectivity index (χ0n) is 8.38. The van der Waals surface area contributed by atoms with Crippen molar-refractivity contribution in [2.75, 3.05) is 32.8 Å². The Kier molecular flexibility index (Phi) is 5.46. The summed E-state index contributed by atoms with van der Waals surface area (Å²) in [6.45, 7) is 8.93. The van der Waals surface area contributed by atoms with Crippen LogP contribution in [0.1, 0.15) is 20.8 Å². The van der Waals surface area contributed by atoms with Crippen molar-refractivity contribution >= 4 is 0 Å². The lowest BCUT2D eigenvalue weighted by molar-refractivity contribution is 0.0942. The first-order valence-corrected chi connectivity index (χ1v) is 4.50. The van der Waals surface area contributed by atoms with Gasteiger partial charge in [0.15, 0.2) is 0 Å². The zero-order valence-corrected chi connectivity index (χ0v) is 8.38. The van der Waals surface area contributed by atoms with Gasteiger partial charge in [-0.05, 0) is 6.54 Å². The van der Waals surface area contributed by atoms with Crippen molar-refractivity contribution in [3.8, 4) is 0 Å². The number of hydrogen-bond donors (Lipinski definition) is 2. The van der Waals surface area contributed by atoms with E-state index in [9.17, 15) is 0 Å². The lowest BCUT2D eigenvalue weighted by Crippen LogP contribution is -2.37. The molecule has 0 aliphatic carbocycles. The van der Waals surface area contributed by atoms with Gasteiger partial charge in [-0.1, -0.05) is 20.8 Å². The Labute approximate surface area is 75.0 Å². The van der Waals surface area contributed by atoms with Crippen LogP contribution in [0.15, 0.2) is 0 Å². The normalized spacial score (nSPS) is 12.5. The predicted molar refractivity (Wildman–Crippen MR) is 50.1 cm³/mol. The summed E-state index contributed by atoms with van der Waals surface area (Å²) in [6, 6.07) is 0. The molecule has 12 heavy (non-hydrogen) atoms. The second-order valence-electron chi connectivity index (χ2n) is 3.91. The molecule has 0 atom stereocenters. The largest absolute Gasteiger partial charge is 0.396 e. The van der Waals surface area contributed by atoms with Gasteiger partial charge in [-0.25, -0.2) is 0 Å². The Balaban J connectivity index is 3.83. The van der Waals surface area contributed by atoms with Gasteiger partial charge in [-0.2, -0.15) is 0 Å². The third-order valence-electron chi connectivity index (χ3n) is 1.94. The Morgan fingerprint density at radius 2 is 1.83 bits per heavy atom. The van der Waals surface area contributed by atoms with Crippen LogP contribution < -0.4 is 0 Å². The van der Waals surface area contributed by atoms with E-state index in [4.69, 9.17) is 10.2 Å². The van der Waals surface area contributed by atoms with Gasteiger partial charge < -0.3 is 15.1 Å². The van der Waals surface area contributed by atoms with Crippen molar-refractivity contribution in [2.24, 2.45) is 5.41 Å². The molecule has 0 heterocycles. The molecule has 0 rings (SSSR count). The molecule has 3 nitrogen and oxygen atoms in total. The van der Waals surface area contributed by atoms with Crippen molar-refractivity contribution in [1.82, 2.24) is 4.90 Å². The first-order valence-electron chi connectivity index (χ1n) is 4.50. The molecule has 0 saturated heterocycles. The molecule has 2 N–H and O–H groups in total. The Morgan fingerprint density at radius 1 is 1.25 bits per heavy atom. The van der Waals surface area contributed by atoms with Gasteiger partial charge in [0.05, 0.1) is 6.61 Å². The van der Waals surface area contributed by atoms with Crippen molar-refractivity contribution in [2.45, 2.75) is 20.8 Å². The van der Waals surface area contributed by atoms with Crippen LogP contribution in [0.3, 0.4) is 0 Å². The molecular weight excluding hydrogens is 154 g/mol. The summed E-state index contributed by atoms with van der Waals surface area (Å²) in [5.74, 6) is 0. The molecule has 0 amide bonds. The third kappa shape index (κ3) is 4.70. The van der Waals surface area contributed by atoms with Gasteiger partial charge in [0.1, 0.15) is 0 Å². The van der Waals surface area contributed by atoms with Crippen LogP contribution in [-0.2, 0) is 0 Å². The average molecular weight is 175 g/mol. The zero-order chi connectivity index (χ0) is 9.61. The van der Waals surface area contributed by atoms with Gasteiger partial charge in [-0.15, -0.1) is 0 Å². The molecule has 0 fully saturated rings. The fourth-order valence-corrected chi connectivity index (χ4v) is 1.15. The number of aliphatic hydroxyl groups is 2. The third-order valence-corrected chi connectivity index (χ3v) is 1.94. The fraction of sp³-hybridized carbons (Fsp3) is 1.00. The summed E-state index contributed by atoms with van der Waals surface area (Å²) in [6.07, 6.45) is 0. The van der Waals surface area contributed by atoms with Gasteiger partial charge in [0.2, 0.25) is 0 Å². The SMILES string of the molecule is CCN(CCO)CC(C)(C)CO. The molecule has 0 spiro atoms. The molecule has 0 aromatic rings. The molecule has 0 unspecified atom stereocenters. The molecule has 0 aliphatic heterocycles. The van der Waals surface area contributed by atoms with E-state index < -0.39 is 0 Å². The quantitative estimate of drug-likeness (QED) is 0.611. The van der Waals surface area contributed by atoms with E-state index in [-0.39, 0.29) is 18.6 Å². The molecular formula is C9H21NO2. The predicted octanol–water partition coefficient (Wildman–Crippen LogP) is 0.319. The highest BCUT2D eigenvalue weighted by molar-refractivity contribution is 4.72. The summed E-state index contributed by atoms with van der Waals surface area (Å²) >= 11 is 0. The number of rotatable bonds is 6. The molecule has 0 aromatic carbocycles. The molecule has 0 bridgehead atoms. The standard InChI is InChI=1S/C9H21NO2/c1-4-10(5-6-11)7-9(2,3)8-12/h11-12H,4-8H2,1-3H3. The summed E-state index contributed by atoms with van der Waals surface area (Å²) in [7, 11) is 0. The van der Waals surface area contributed by atoms with E-state index in [2.05, 4.69) is 11.8 Å². The van der Waals surface area contributed by atoms with Gasteiger partial charge in [0.25, 0.3) is 0 Å². The second kappa shape index (κ2) is 5.51. The Bertz CT molecular complexity index is 115. The monoisotopic (exact) mass is 175 g/mol. The van der Waals surface area contributed by atoms with E-state index in [1.807, 2.05) is 13.8 Å². The lowest BCUT2D eigenvalue weighted by atomic mass is 9.94. The number of nitrogens with zero attached hydrogens (tertiary/aromatic N) is 1. The molecule has 3 heteroatoms. The van der Waals surface area contributed by atoms with Crippen LogP contribution in [0.4, 0.5) is 0 Å². The van der Waals surface area contributed by atoms with E-state index in [0.29, 0.717) is 6.54 Å². The highest BCUT2D eigenvalue weighted by Gasteiger charge is 2.19. The first-order chi connectivity index (χ1) is 5.55. The number of hydrogen-bond acceptors (Lipinski definition) is 3. The number of aliphatic hydroxyl groups excluding tert-OH is 2. The molecule has 0 saturated carbocycles. The Morgan fingerprint density at radius 3 is 2.17 bits per heavy atom. The van der Waals surface area contributed by atoms with Gasteiger partial charge >= 0.3 is 0 Å². The molecule has 74 valence electrons. The van der Waals surface area contributed by atoms with Crippen LogP contribution in [0.2, 0.25) is 0 Å². The van der Waals surface area contributed by atoms with Gasteiger partial charge in [-0.3, -0.25) is 0 Å². The Hall–Kier alpha value is -0.120. The van der Waals surface area contributed by atoms with Crippen LogP contribution in [0.25, 0.3) is 0 Å². The van der Waals surface area contributed by atoms with E-state index in [1.165, 1.54) is 0 Å². The van der Waals surface area contributed by atoms with Crippen molar-refractivity contribution in [3.05, 3.63) is 0 Å². The van der Waals surface area contributed by atoms with Crippen molar-refractivity contribution in [3.63, 3.8) is 0 Å². The molecule has 0 aliphatic rings. The maximum atomic E-state index is 9.02. The smallest absolute Gasteiger partial charge is 0.0558 e. The molecule has 0 radical (unpaired) electrons. The maximum Gasteiger partial charge on any atom is 0.0558 e. The van der Waals surface area contributed by atoms with Crippen molar-refractivity contribution in [1.29, 1.82) is 0 Å². The topological polar surface area (TPSA) is 43.7 Å². The minimum Gasteiger partial charge on any atom is -0.396 e. The summed E-state index contributed by atoms with van der Waals surface area (Å²) < 4.78 is 0. The van der Waals surface area contributed by atoms with Crippen LogP contribution in [0, 0.1) is 5.41 Å². The second-order valence-corrected chi connectivity index (χ2v) is 3.91. The highest BCUT2D eigenvalue weighted by atomic mass is 16.3. The summed E-state index contributed by atoms with van der Waals surface area (Å²) in [4.78, 5) is 2.14. The van der Waals surface area contributed by atoms with Gasteiger partial charge in [0, 0.05) is 25.1 Å². The van der Waals surface area contributed by atoms with Crippen molar-refractivity contribution < 1.29 is 10.2 Å². The summed E-state index contributed by atoms with van der Waals surface area (Å²) in [5, 5.41) is 17.8.